The number of amides is 1. The first-order chi connectivity index (χ1) is 5.68. The molecule has 2 saturated heterocycles. The fourth-order valence-corrected chi connectivity index (χ4v) is 2.32. The highest BCUT2D eigenvalue weighted by atomic mass is 16.2. The zero-order chi connectivity index (χ0) is 8.77. The molecule has 0 aromatic carbocycles. The number of nitrogens with zero attached hydrogens (tertiary/aromatic N) is 2. The maximum Gasteiger partial charge on any atom is 0.222 e. The predicted molar refractivity (Wildman–Crippen MR) is 46.8 cm³/mol. The second-order valence-electron chi connectivity index (χ2n) is 3.98. The largest absolute Gasteiger partial charge is 0.337 e. The molecule has 1 spiro atoms. The monoisotopic (exact) mass is 168 g/mol. The average Bonchev–Trinajstić information content (AvgIpc) is 2.27. The molecule has 68 valence electrons. The van der Waals surface area contributed by atoms with Gasteiger partial charge in [-0.2, -0.15) is 0 Å². The second-order valence-corrected chi connectivity index (χ2v) is 3.98. The molecule has 0 aromatic rings. The summed E-state index contributed by atoms with van der Waals surface area (Å²) in [5, 5.41) is 0. The molecule has 2 aliphatic rings. The highest BCUT2D eigenvalue weighted by Gasteiger charge is 2.50. The fourth-order valence-electron chi connectivity index (χ4n) is 2.32. The van der Waals surface area contributed by atoms with Crippen LogP contribution < -0.4 is 0 Å². The molecule has 2 rings (SSSR count). The molecular formula is C9H16N2O. The third-order valence-electron chi connectivity index (χ3n) is 3.37. The van der Waals surface area contributed by atoms with Crippen LogP contribution in [0.5, 0.6) is 0 Å². The lowest BCUT2D eigenvalue weighted by Gasteiger charge is -2.51. The third-order valence-corrected chi connectivity index (χ3v) is 3.37. The Morgan fingerprint density at radius 1 is 1.50 bits per heavy atom. The summed E-state index contributed by atoms with van der Waals surface area (Å²) in [4.78, 5) is 15.6. The average molecular weight is 168 g/mol. The molecule has 0 aliphatic carbocycles. The normalized spacial score (nSPS) is 28.2. The zero-order valence-corrected chi connectivity index (χ0v) is 7.84. The fraction of sp³-hybridized carbons (Fsp3) is 0.889. The van der Waals surface area contributed by atoms with Gasteiger partial charge >= 0.3 is 0 Å². The van der Waals surface area contributed by atoms with Gasteiger partial charge in [0.1, 0.15) is 0 Å². The molecule has 0 aromatic heterocycles. The first-order valence-electron chi connectivity index (χ1n) is 4.67. The number of carbonyl (C=O) groups is 1. The Kier molecular flexibility index (Phi) is 1.65. The molecule has 0 radical (unpaired) electrons. The van der Waals surface area contributed by atoms with Crippen LogP contribution in [0, 0.1) is 0 Å². The summed E-state index contributed by atoms with van der Waals surface area (Å²) >= 11 is 0. The van der Waals surface area contributed by atoms with Crippen molar-refractivity contribution in [1.29, 1.82) is 0 Å². The van der Waals surface area contributed by atoms with Crippen LogP contribution in [-0.4, -0.2) is 47.9 Å². The minimum Gasteiger partial charge on any atom is -0.337 e. The number of hydrogen-bond acceptors (Lipinski definition) is 2. The van der Waals surface area contributed by atoms with Gasteiger partial charge in [-0.05, 0) is 13.0 Å². The molecule has 3 heteroatoms. The van der Waals surface area contributed by atoms with Crippen molar-refractivity contribution in [3.8, 4) is 0 Å². The first-order valence-corrected chi connectivity index (χ1v) is 4.67. The lowest BCUT2D eigenvalue weighted by atomic mass is 9.87. The topological polar surface area (TPSA) is 23.6 Å². The highest BCUT2D eigenvalue weighted by molar-refractivity contribution is 5.79. The maximum absolute atomic E-state index is 11.3. The minimum absolute atomic E-state index is 0.229. The van der Waals surface area contributed by atoms with Crippen LogP contribution in [-0.2, 0) is 4.79 Å². The van der Waals surface area contributed by atoms with Gasteiger partial charge in [0, 0.05) is 26.6 Å². The Morgan fingerprint density at radius 3 is 2.58 bits per heavy atom. The van der Waals surface area contributed by atoms with E-state index >= 15 is 0 Å². The van der Waals surface area contributed by atoms with Crippen LogP contribution in [0.4, 0.5) is 0 Å². The lowest BCUT2D eigenvalue weighted by molar-refractivity contribution is -0.133. The summed E-state index contributed by atoms with van der Waals surface area (Å²) in [6.45, 7) is 5.46. The molecule has 2 heterocycles. The minimum atomic E-state index is 0.229. The van der Waals surface area contributed by atoms with Crippen LogP contribution in [0.3, 0.4) is 0 Å². The summed E-state index contributed by atoms with van der Waals surface area (Å²) in [6.07, 6.45) is 1.83. The van der Waals surface area contributed by atoms with Crippen molar-refractivity contribution < 1.29 is 4.79 Å². The number of carbonyl (C=O) groups excluding carboxylic acids is 1. The third kappa shape index (κ3) is 0.891. The number of likely N-dealkylation sites (N-methyl/N-ethyl adjacent to an activating group) is 2. The SMILES string of the molecule is CCN1CC2(CCC(=O)N2C)C1. The summed E-state index contributed by atoms with van der Waals surface area (Å²) in [6, 6.07) is 0. The van der Waals surface area contributed by atoms with E-state index in [1.165, 1.54) is 0 Å². The molecule has 0 saturated carbocycles. The Morgan fingerprint density at radius 2 is 2.17 bits per heavy atom. The van der Waals surface area contributed by atoms with Crippen LogP contribution in [0.2, 0.25) is 0 Å². The van der Waals surface area contributed by atoms with Crippen LogP contribution in [0.25, 0.3) is 0 Å². The van der Waals surface area contributed by atoms with E-state index in [1.54, 1.807) is 0 Å². The number of hydrogen-bond donors (Lipinski definition) is 0. The maximum atomic E-state index is 11.3. The van der Waals surface area contributed by atoms with E-state index in [1.807, 2.05) is 11.9 Å². The first kappa shape index (κ1) is 8.05. The van der Waals surface area contributed by atoms with Gasteiger partial charge in [0.2, 0.25) is 5.91 Å². The summed E-state index contributed by atoms with van der Waals surface area (Å²) in [5.74, 6) is 0.325. The van der Waals surface area contributed by atoms with E-state index in [2.05, 4.69) is 11.8 Å². The van der Waals surface area contributed by atoms with Gasteiger partial charge in [0.25, 0.3) is 0 Å². The van der Waals surface area contributed by atoms with E-state index in [0.717, 1.165) is 32.5 Å². The van der Waals surface area contributed by atoms with Gasteiger partial charge in [-0.3, -0.25) is 9.69 Å². The quantitative estimate of drug-likeness (QED) is 0.562. The number of rotatable bonds is 1. The molecule has 0 bridgehead atoms. The van der Waals surface area contributed by atoms with Gasteiger partial charge in [0.05, 0.1) is 5.54 Å². The second kappa shape index (κ2) is 2.46. The van der Waals surface area contributed by atoms with Gasteiger partial charge in [-0.15, -0.1) is 0 Å². The van der Waals surface area contributed by atoms with Crippen molar-refractivity contribution in [2.75, 3.05) is 26.7 Å². The van der Waals surface area contributed by atoms with E-state index in [9.17, 15) is 4.79 Å². The van der Waals surface area contributed by atoms with Crippen molar-refractivity contribution in [2.45, 2.75) is 25.3 Å². The summed E-state index contributed by atoms with van der Waals surface area (Å²) < 4.78 is 0. The zero-order valence-electron chi connectivity index (χ0n) is 7.84. The standard InChI is InChI=1S/C9H16N2O/c1-3-11-6-9(7-11)5-4-8(12)10(9)2/h3-7H2,1-2H3. The highest BCUT2D eigenvalue weighted by Crippen LogP contribution is 2.36. The van der Waals surface area contributed by atoms with E-state index in [0.29, 0.717) is 5.91 Å². The number of likely N-dealkylation sites (tertiary alicyclic amines) is 2. The molecule has 1 amide bonds. The predicted octanol–water partition coefficient (Wildman–Crippen LogP) is 0.313. The van der Waals surface area contributed by atoms with E-state index in [-0.39, 0.29) is 5.54 Å². The van der Waals surface area contributed by atoms with Gasteiger partial charge in [-0.25, -0.2) is 0 Å². The van der Waals surface area contributed by atoms with E-state index in [4.69, 9.17) is 0 Å². The Bertz CT molecular complexity index is 209. The Hall–Kier alpha value is -0.570. The molecule has 2 fully saturated rings. The van der Waals surface area contributed by atoms with Gasteiger partial charge < -0.3 is 4.90 Å². The van der Waals surface area contributed by atoms with E-state index < -0.39 is 0 Å². The Labute approximate surface area is 73.3 Å². The molecular weight excluding hydrogens is 152 g/mol. The van der Waals surface area contributed by atoms with Crippen LogP contribution in [0.1, 0.15) is 19.8 Å². The smallest absolute Gasteiger partial charge is 0.222 e. The molecule has 12 heavy (non-hydrogen) atoms. The van der Waals surface area contributed by atoms with Crippen molar-refractivity contribution >= 4 is 5.91 Å². The van der Waals surface area contributed by atoms with Crippen molar-refractivity contribution in [3.05, 3.63) is 0 Å². The lowest BCUT2D eigenvalue weighted by Crippen LogP contribution is -2.67. The molecule has 2 aliphatic heterocycles. The molecule has 3 nitrogen and oxygen atoms in total. The van der Waals surface area contributed by atoms with Crippen molar-refractivity contribution in [1.82, 2.24) is 9.80 Å². The summed E-state index contributed by atoms with van der Waals surface area (Å²) in [7, 11) is 1.95. The van der Waals surface area contributed by atoms with Gasteiger partial charge in [-0.1, -0.05) is 6.92 Å². The van der Waals surface area contributed by atoms with Gasteiger partial charge in [0.15, 0.2) is 0 Å². The summed E-state index contributed by atoms with van der Waals surface area (Å²) in [5.41, 5.74) is 0.229. The molecule has 0 atom stereocenters. The van der Waals surface area contributed by atoms with Crippen molar-refractivity contribution in [2.24, 2.45) is 0 Å². The molecule has 0 N–H and O–H groups in total. The molecule has 0 unspecified atom stereocenters. The van der Waals surface area contributed by atoms with Crippen molar-refractivity contribution in [3.63, 3.8) is 0 Å². The van der Waals surface area contributed by atoms with Crippen LogP contribution >= 0.6 is 0 Å². The Balaban J connectivity index is 2.02. The van der Waals surface area contributed by atoms with Crippen LogP contribution in [0.15, 0.2) is 0 Å².